The molecular weight excluding hydrogens is 494 g/mol. The predicted octanol–water partition coefficient (Wildman–Crippen LogP) is 6.12. The molecule has 0 aliphatic heterocycles. The van der Waals surface area contributed by atoms with Crippen LogP contribution in [-0.4, -0.2) is 54.1 Å². The van der Waals surface area contributed by atoms with Gasteiger partial charge in [0.2, 0.25) is 0 Å². The Labute approximate surface area is 247 Å². The highest BCUT2D eigenvalue weighted by Crippen LogP contribution is 2.69. The van der Waals surface area contributed by atoms with Crippen molar-refractivity contribution in [2.45, 2.75) is 143 Å². The van der Waals surface area contributed by atoms with Crippen LogP contribution in [0, 0.1) is 52.3 Å². The zero-order chi connectivity index (χ0) is 29.1. The van der Waals surface area contributed by atoms with Crippen molar-refractivity contribution in [2.24, 2.45) is 58.0 Å². The van der Waals surface area contributed by atoms with Crippen LogP contribution in [0.2, 0.25) is 0 Å². The monoisotopic (exact) mass is 562 g/mol. The third kappa shape index (κ3) is 6.35. The van der Waals surface area contributed by atoms with E-state index in [4.69, 9.17) is 5.73 Å². The van der Waals surface area contributed by atoms with Crippen LogP contribution >= 0.6 is 0 Å². The van der Waals surface area contributed by atoms with Crippen molar-refractivity contribution in [3.8, 4) is 0 Å². The number of nitrogens with one attached hydrogen (secondary N) is 2. The van der Waals surface area contributed by atoms with Crippen molar-refractivity contribution in [3.05, 3.63) is 0 Å². The quantitative estimate of drug-likeness (QED) is 0.165. The maximum Gasteiger partial charge on any atom is 0.0880 e. The number of fused-ring (bicyclic) bond motifs is 5. The van der Waals surface area contributed by atoms with Gasteiger partial charge in [0.05, 0.1) is 11.7 Å². The molecule has 0 bridgehead atoms. The average molecular weight is 562 g/mol. The molecule has 0 saturated heterocycles. The number of unbranched alkanes of at least 4 members (excludes halogenated alkanes) is 1. The molecule has 4 aliphatic carbocycles. The summed E-state index contributed by atoms with van der Waals surface area (Å²) in [5.74, 6) is 5.31. The molecule has 0 aromatic heterocycles. The first-order valence-corrected chi connectivity index (χ1v) is 17.5. The molecule has 234 valence electrons. The predicted molar refractivity (Wildman–Crippen MR) is 168 cm³/mol. The van der Waals surface area contributed by atoms with Gasteiger partial charge in [-0.2, -0.15) is 0 Å². The van der Waals surface area contributed by atoms with Crippen molar-refractivity contribution >= 4 is 0 Å². The Morgan fingerprint density at radius 1 is 0.875 bits per heavy atom. The fraction of sp³-hybridized carbons (Fsp3) is 1.00. The Hall–Kier alpha value is -0.200. The van der Waals surface area contributed by atoms with Crippen LogP contribution in [0.25, 0.3) is 0 Å². The third-order valence-corrected chi connectivity index (χ3v) is 13.6. The lowest BCUT2D eigenvalue weighted by atomic mass is 9.42. The van der Waals surface area contributed by atoms with Gasteiger partial charge in [-0.1, -0.05) is 54.4 Å². The molecule has 40 heavy (non-hydrogen) atoms. The van der Waals surface area contributed by atoms with Gasteiger partial charge in [-0.15, -0.1) is 0 Å². The summed E-state index contributed by atoms with van der Waals surface area (Å²) in [6.07, 6.45) is 14.5. The summed E-state index contributed by atoms with van der Waals surface area (Å²) < 4.78 is 0. The Bertz CT molecular complexity index is 793. The van der Waals surface area contributed by atoms with Crippen molar-refractivity contribution in [1.29, 1.82) is 0 Å². The van der Waals surface area contributed by atoms with E-state index in [2.05, 4.69) is 52.2 Å². The molecule has 3 unspecified atom stereocenters. The molecule has 5 nitrogen and oxygen atoms in total. The molecule has 4 rings (SSSR count). The molecule has 0 amide bonds. The van der Waals surface area contributed by atoms with Gasteiger partial charge in [-0.3, -0.25) is 0 Å². The van der Waals surface area contributed by atoms with Crippen molar-refractivity contribution in [3.63, 3.8) is 0 Å². The summed E-state index contributed by atoms with van der Waals surface area (Å²) in [5, 5.41) is 30.6. The second kappa shape index (κ2) is 13.6. The Balaban J connectivity index is 1.45. The van der Waals surface area contributed by atoms with E-state index in [1.54, 1.807) is 0 Å². The van der Waals surface area contributed by atoms with E-state index in [1.807, 2.05) is 0 Å². The summed E-state index contributed by atoms with van der Waals surface area (Å²) in [6, 6.07) is 0.0876. The second-order valence-corrected chi connectivity index (χ2v) is 16.0. The zero-order valence-electron chi connectivity index (χ0n) is 27.2. The number of rotatable bonds is 14. The van der Waals surface area contributed by atoms with Gasteiger partial charge >= 0.3 is 0 Å². The van der Waals surface area contributed by atoms with Crippen LogP contribution in [0.3, 0.4) is 0 Å². The number of hydrogen-bond donors (Lipinski definition) is 5. The Kier molecular flexibility index (Phi) is 11.1. The molecule has 4 aliphatic rings. The van der Waals surface area contributed by atoms with E-state index < -0.39 is 5.60 Å². The lowest BCUT2D eigenvalue weighted by Crippen LogP contribution is -2.71. The molecule has 0 aromatic carbocycles. The van der Waals surface area contributed by atoms with E-state index in [0.717, 1.165) is 94.3 Å². The molecule has 11 atom stereocenters. The largest absolute Gasteiger partial charge is 0.393 e. The summed E-state index contributed by atoms with van der Waals surface area (Å²) in [6.45, 7) is 18.6. The molecule has 0 spiro atoms. The fourth-order valence-electron chi connectivity index (χ4n) is 10.6. The topological polar surface area (TPSA) is 90.5 Å². The molecule has 6 N–H and O–H groups in total. The highest BCUT2D eigenvalue weighted by Gasteiger charge is 2.67. The maximum atomic E-state index is 12.5. The summed E-state index contributed by atoms with van der Waals surface area (Å²) in [4.78, 5) is 0. The normalized spacial score (nSPS) is 42.8. The summed E-state index contributed by atoms with van der Waals surface area (Å²) in [5.41, 5.74) is 5.15. The van der Waals surface area contributed by atoms with Crippen molar-refractivity contribution in [1.82, 2.24) is 10.6 Å². The molecule has 4 fully saturated rings. The summed E-state index contributed by atoms with van der Waals surface area (Å²) in [7, 11) is 0. The van der Waals surface area contributed by atoms with Gasteiger partial charge in [0, 0.05) is 17.9 Å². The number of hydrogen-bond acceptors (Lipinski definition) is 5. The third-order valence-electron chi connectivity index (χ3n) is 13.6. The van der Waals surface area contributed by atoms with E-state index in [1.165, 1.54) is 38.5 Å². The first-order valence-electron chi connectivity index (χ1n) is 17.5. The van der Waals surface area contributed by atoms with Crippen LogP contribution in [0.1, 0.15) is 125 Å². The number of aliphatic hydroxyl groups is 2. The van der Waals surface area contributed by atoms with E-state index in [-0.39, 0.29) is 17.6 Å². The zero-order valence-corrected chi connectivity index (χ0v) is 27.2. The number of aliphatic hydroxyl groups excluding tert-OH is 1. The highest BCUT2D eigenvalue weighted by atomic mass is 16.3. The minimum atomic E-state index is -0.808. The van der Waals surface area contributed by atoms with Gasteiger partial charge in [-0.05, 0) is 137 Å². The highest BCUT2D eigenvalue weighted by molar-refractivity contribution is 5.18. The maximum absolute atomic E-state index is 12.5. The Morgan fingerprint density at radius 2 is 1.60 bits per heavy atom. The van der Waals surface area contributed by atoms with E-state index in [9.17, 15) is 10.2 Å². The molecule has 0 aromatic rings. The first kappa shape index (κ1) is 32.7. The molecule has 4 saturated carbocycles. The van der Waals surface area contributed by atoms with Crippen LogP contribution in [0.15, 0.2) is 0 Å². The van der Waals surface area contributed by atoms with Gasteiger partial charge in [0.1, 0.15) is 0 Å². The van der Waals surface area contributed by atoms with Gasteiger partial charge < -0.3 is 26.6 Å². The van der Waals surface area contributed by atoms with E-state index in [0.29, 0.717) is 23.7 Å². The Morgan fingerprint density at radius 3 is 2.33 bits per heavy atom. The minimum Gasteiger partial charge on any atom is -0.393 e. The number of nitrogens with two attached hydrogens (primary N) is 1. The minimum absolute atomic E-state index is 0.0876. The van der Waals surface area contributed by atoms with Gasteiger partial charge in [0.25, 0.3) is 0 Å². The average Bonchev–Trinajstić information content (AvgIpc) is 3.27. The lowest BCUT2D eigenvalue weighted by molar-refractivity contribution is -0.234. The molecule has 0 radical (unpaired) electrons. The van der Waals surface area contributed by atoms with Crippen molar-refractivity contribution in [2.75, 3.05) is 26.2 Å². The smallest absolute Gasteiger partial charge is 0.0880 e. The molecular formula is C35H67N3O2. The van der Waals surface area contributed by atoms with Crippen molar-refractivity contribution < 1.29 is 10.2 Å². The van der Waals surface area contributed by atoms with Crippen LogP contribution in [0.4, 0.5) is 0 Å². The first-order chi connectivity index (χ1) is 19.0. The van der Waals surface area contributed by atoms with Gasteiger partial charge in [0.15, 0.2) is 0 Å². The van der Waals surface area contributed by atoms with Crippen LogP contribution in [-0.2, 0) is 0 Å². The second-order valence-electron chi connectivity index (χ2n) is 16.0. The standard InChI is InChI=1S/C35H67N3O2/c1-24(2)25(3)10-11-26(4)29-12-13-30-28-22-32(38-21-8-7-19-37-20-9-18-36)35(40)23-27(39)14-17-34(35,6)31(28)15-16-33(29,30)5/h24-32,37-40H,7-23,36H2,1-6H3/t25-,26-,27?,28+,29-,30+,31+,32?,33-,34-,35?/m1/s1. The summed E-state index contributed by atoms with van der Waals surface area (Å²) >= 11 is 0. The van der Waals surface area contributed by atoms with Crippen LogP contribution < -0.4 is 16.4 Å². The van der Waals surface area contributed by atoms with Crippen LogP contribution in [0.5, 0.6) is 0 Å². The SMILES string of the molecule is CC(C)[C@H](C)CC[C@@H](C)[C@H]1CC[C@H]2[C@@H]3CC(NCCCCNCCCN)C4(O)CC(O)CC[C@]4(C)[C@H]3CC[C@]12C. The molecule has 0 heterocycles. The fourth-order valence-corrected chi connectivity index (χ4v) is 10.6. The molecule has 5 heteroatoms. The lowest BCUT2D eigenvalue weighted by Gasteiger charge is -2.66. The van der Waals surface area contributed by atoms with Gasteiger partial charge in [-0.25, -0.2) is 0 Å². The van der Waals surface area contributed by atoms with E-state index >= 15 is 0 Å².